The van der Waals surface area contributed by atoms with Crippen LogP contribution in [0.25, 0.3) is 0 Å². The van der Waals surface area contributed by atoms with E-state index in [-0.39, 0.29) is 24.3 Å². The molecule has 8 heteroatoms. The van der Waals surface area contributed by atoms with Gasteiger partial charge in [0.15, 0.2) is 5.69 Å². The zero-order chi connectivity index (χ0) is 15.2. The molecule has 2 aliphatic rings. The van der Waals surface area contributed by atoms with E-state index in [2.05, 4.69) is 5.10 Å². The number of hydrogen-bond acceptors (Lipinski definition) is 3. The minimum Gasteiger partial charge on any atom is -0.477 e. The molecule has 0 radical (unpaired) electrons. The average Bonchev–Trinajstić information content (AvgIpc) is 2.95. The Labute approximate surface area is 118 Å². The third-order valence-electron chi connectivity index (χ3n) is 3.83. The lowest BCUT2D eigenvalue weighted by molar-refractivity contribution is -0.138. The topological polar surface area (TPSA) is 64.3 Å². The van der Waals surface area contributed by atoms with Crippen LogP contribution in [-0.4, -0.2) is 33.6 Å². The minimum absolute atomic E-state index is 0.0530. The van der Waals surface area contributed by atoms with Crippen molar-refractivity contribution in [3.8, 4) is 0 Å². The lowest BCUT2D eigenvalue weighted by Crippen LogP contribution is -2.21. The molecule has 1 aliphatic carbocycles. The lowest BCUT2D eigenvalue weighted by atomic mass is 10.1. The Bertz CT molecular complexity index is 558. The second-order valence-corrected chi connectivity index (χ2v) is 5.50. The van der Waals surface area contributed by atoms with Crippen molar-refractivity contribution in [1.29, 1.82) is 0 Å². The largest absolute Gasteiger partial charge is 0.477 e. The van der Waals surface area contributed by atoms with Crippen molar-refractivity contribution in [2.24, 2.45) is 0 Å². The van der Waals surface area contributed by atoms with Crippen molar-refractivity contribution in [2.45, 2.75) is 50.4 Å². The highest BCUT2D eigenvalue weighted by molar-refractivity contribution is 5.88. The van der Waals surface area contributed by atoms with Gasteiger partial charge < -0.3 is 9.84 Å². The van der Waals surface area contributed by atoms with E-state index in [1.807, 2.05) is 0 Å². The van der Waals surface area contributed by atoms with Gasteiger partial charge >= 0.3 is 12.1 Å². The van der Waals surface area contributed by atoms with E-state index in [1.165, 1.54) is 0 Å². The van der Waals surface area contributed by atoms with E-state index in [4.69, 9.17) is 4.74 Å². The molecular formula is C13H15F3N2O3. The van der Waals surface area contributed by atoms with Crippen LogP contribution in [0.3, 0.4) is 0 Å². The summed E-state index contributed by atoms with van der Waals surface area (Å²) >= 11 is 0. The van der Waals surface area contributed by atoms with Gasteiger partial charge in [0.1, 0.15) is 5.56 Å². The second kappa shape index (κ2) is 5.01. The first-order valence-corrected chi connectivity index (χ1v) is 6.90. The molecule has 1 unspecified atom stereocenters. The minimum atomic E-state index is -4.71. The second-order valence-electron chi connectivity index (χ2n) is 5.50. The number of carboxylic acid groups (broad SMARTS) is 1. The van der Waals surface area contributed by atoms with Gasteiger partial charge in [0.25, 0.3) is 0 Å². The molecular weight excluding hydrogens is 289 g/mol. The van der Waals surface area contributed by atoms with E-state index < -0.39 is 23.4 Å². The molecule has 1 saturated heterocycles. The Hall–Kier alpha value is -1.57. The maximum Gasteiger partial charge on any atom is 0.420 e. The highest BCUT2D eigenvalue weighted by Gasteiger charge is 2.46. The summed E-state index contributed by atoms with van der Waals surface area (Å²) in [4.78, 5) is 11.3. The van der Waals surface area contributed by atoms with Crippen molar-refractivity contribution in [3.63, 3.8) is 0 Å². The number of carboxylic acids is 1. The summed E-state index contributed by atoms with van der Waals surface area (Å²) in [5, 5.41) is 13.2. The quantitative estimate of drug-likeness (QED) is 0.929. The summed E-state index contributed by atoms with van der Waals surface area (Å²) in [5.41, 5.74) is -1.98. The normalized spacial score (nSPS) is 22.7. The summed E-state index contributed by atoms with van der Waals surface area (Å²) in [6, 6.07) is 0. The molecule has 1 aromatic rings. The van der Waals surface area contributed by atoms with Crippen molar-refractivity contribution in [1.82, 2.24) is 9.78 Å². The summed E-state index contributed by atoms with van der Waals surface area (Å²) < 4.78 is 46.0. The van der Waals surface area contributed by atoms with Crippen LogP contribution in [0.1, 0.15) is 53.3 Å². The first-order chi connectivity index (χ1) is 9.88. The van der Waals surface area contributed by atoms with Crippen LogP contribution in [0.5, 0.6) is 0 Å². The van der Waals surface area contributed by atoms with Crippen molar-refractivity contribution < 1.29 is 27.8 Å². The first kappa shape index (κ1) is 14.4. The number of aromatic carboxylic acids is 1. The Morgan fingerprint density at radius 1 is 1.38 bits per heavy atom. The summed E-state index contributed by atoms with van der Waals surface area (Å²) in [7, 11) is 0. The predicted octanol–water partition coefficient (Wildman–Crippen LogP) is 2.66. The van der Waals surface area contributed by atoms with E-state index in [1.54, 1.807) is 0 Å². The van der Waals surface area contributed by atoms with Crippen molar-refractivity contribution >= 4 is 5.97 Å². The molecule has 1 aromatic heterocycles. The summed E-state index contributed by atoms with van der Waals surface area (Å²) in [6.07, 6.45) is -2.19. The third kappa shape index (κ3) is 2.76. The van der Waals surface area contributed by atoms with Crippen molar-refractivity contribution in [3.05, 3.63) is 17.0 Å². The third-order valence-corrected chi connectivity index (χ3v) is 3.83. The van der Waals surface area contributed by atoms with Crippen LogP contribution in [0.15, 0.2) is 0 Å². The summed E-state index contributed by atoms with van der Waals surface area (Å²) in [6.45, 7) is 0.605. The van der Waals surface area contributed by atoms with E-state index in [0.29, 0.717) is 25.9 Å². The highest BCUT2D eigenvalue weighted by Crippen LogP contribution is 2.46. The molecule has 116 valence electrons. The molecule has 0 amide bonds. The van der Waals surface area contributed by atoms with Crippen LogP contribution in [-0.2, 0) is 17.5 Å². The zero-order valence-electron chi connectivity index (χ0n) is 11.2. The van der Waals surface area contributed by atoms with Crippen LogP contribution in [0.2, 0.25) is 0 Å². The number of halogens is 3. The molecule has 0 aromatic carbocycles. The number of hydrogen-bond donors (Lipinski definition) is 1. The highest BCUT2D eigenvalue weighted by atomic mass is 19.4. The Morgan fingerprint density at radius 2 is 2.10 bits per heavy atom. The fourth-order valence-electron chi connectivity index (χ4n) is 2.73. The van der Waals surface area contributed by atoms with Gasteiger partial charge in [-0.25, -0.2) is 4.79 Å². The van der Waals surface area contributed by atoms with Gasteiger partial charge in [-0.3, -0.25) is 4.68 Å². The number of nitrogens with zero attached hydrogens (tertiary/aromatic N) is 2. The maximum atomic E-state index is 13.2. The number of alkyl halides is 3. The van der Waals surface area contributed by atoms with Gasteiger partial charge in [0.05, 0.1) is 18.3 Å². The molecule has 2 heterocycles. The molecule has 2 fully saturated rings. The summed E-state index contributed by atoms with van der Waals surface area (Å²) in [5.74, 6) is -1.87. The fourth-order valence-corrected chi connectivity index (χ4v) is 2.73. The van der Waals surface area contributed by atoms with E-state index in [9.17, 15) is 23.1 Å². The van der Waals surface area contributed by atoms with Crippen molar-refractivity contribution in [2.75, 3.05) is 6.61 Å². The number of ether oxygens (including phenoxy) is 1. The lowest BCUT2D eigenvalue weighted by Gasteiger charge is -2.12. The maximum absolute atomic E-state index is 13.2. The number of aromatic nitrogens is 2. The van der Waals surface area contributed by atoms with Gasteiger partial charge in [-0.2, -0.15) is 18.3 Å². The van der Waals surface area contributed by atoms with E-state index >= 15 is 0 Å². The number of carbonyl (C=O) groups is 1. The molecule has 1 saturated carbocycles. The zero-order valence-corrected chi connectivity index (χ0v) is 11.2. The SMILES string of the molecule is O=C(O)c1c(C(F)(F)F)c(C2CC2)nn1CC1CCCO1. The Balaban J connectivity index is 2.03. The number of rotatable bonds is 4. The fraction of sp³-hybridized carbons (Fsp3) is 0.692. The van der Waals surface area contributed by atoms with Gasteiger partial charge in [0, 0.05) is 12.5 Å². The van der Waals surface area contributed by atoms with Gasteiger partial charge in [-0.15, -0.1) is 0 Å². The Kier molecular flexibility index (Phi) is 3.43. The average molecular weight is 304 g/mol. The van der Waals surface area contributed by atoms with Crippen LogP contribution >= 0.6 is 0 Å². The predicted molar refractivity (Wildman–Crippen MR) is 65.1 cm³/mol. The molecule has 21 heavy (non-hydrogen) atoms. The standard InChI is InChI=1S/C13H15F3N2O3/c14-13(15,16)9-10(7-3-4-7)17-18(11(9)12(19)20)6-8-2-1-5-21-8/h7-8H,1-6H2,(H,19,20). The van der Waals surface area contributed by atoms with E-state index in [0.717, 1.165) is 11.1 Å². The molecule has 0 spiro atoms. The molecule has 1 atom stereocenters. The Morgan fingerprint density at radius 3 is 2.57 bits per heavy atom. The van der Waals surface area contributed by atoms with Gasteiger partial charge in [0.2, 0.25) is 0 Å². The molecule has 1 N–H and O–H groups in total. The smallest absolute Gasteiger partial charge is 0.420 e. The van der Waals surface area contributed by atoms with Crippen LogP contribution in [0, 0.1) is 0 Å². The molecule has 0 bridgehead atoms. The first-order valence-electron chi connectivity index (χ1n) is 6.90. The monoisotopic (exact) mass is 304 g/mol. The van der Waals surface area contributed by atoms with Gasteiger partial charge in [-0.1, -0.05) is 0 Å². The molecule has 3 rings (SSSR count). The van der Waals surface area contributed by atoms with Crippen LogP contribution < -0.4 is 0 Å². The van der Waals surface area contributed by atoms with Gasteiger partial charge in [-0.05, 0) is 25.7 Å². The molecule has 1 aliphatic heterocycles. The van der Waals surface area contributed by atoms with Crippen LogP contribution in [0.4, 0.5) is 13.2 Å². The molecule has 5 nitrogen and oxygen atoms in total.